The van der Waals surface area contributed by atoms with Crippen molar-refractivity contribution >= 4 is 17.9 Å². The zero-order chi connectivity index (χ0) is 51.4. The molecule has 0 amide bonds. The molecule has 0 unspecified atom stereocenters. The zero-order valence-corrected chi connectivity index (χ0v) is 47.0. The van der Waals surface area contributed by atoms with Gasteiger partial charge in [-0.1, -0.05) is 267 Å². The van der Waals surface area contributed by atoms with Crippen molar-refractivity contribution in [3.05, 3.63) is 72.9 Å². The third-order valence-electron chi connectivity index (χ3n) is 13.2. The van der Waals surface area contributed by atoms with Gasteiger partial charge in [-0.15, -0.1) is 0 Å². The Morgan fingerprint density at radius 3 is 0.901 bits per heavy atom. The Bertz CT molecular complexity index is 1320. The molecule has 0 heterocycles. The first-order valence-electron chi connectivity index (χ1n) is 30.4. The van der Waals surface area contributed by atoms with Crippen LogP contribution >= 0.6 is 0 Å². The highest BCUT2D eigenvalue weighted by molar-refractivity contribution is 5.71. The van der Waals surface area contributed by atoms with Crippen LogP contribution in [0.4, 0.5) is 0 Å². The van der Waals surface area contributed by atoms with Crippen LogP contribution < -0.4 is 0 Å². The van der Waals surface area contributed by atoms with E-state index in [0.717, 1.165) is 64.2 Å². The molecule has 0 rings (SSSR count). The molecule has 1 atom stereocenters. The number of esters is 3. The first kappa shape index (κ1) is 67.8. The third-order valence-corrected chi connectivity index (χ3v) is 13.2. The molecule has 0 aliphatic rings. The van der Waals surface area contributed by atoms with Gasteiger partial charge in [0.25, 0.3) is 0 Å². The van der Waals surface area contributed by atoms with Gasteiger partial charge in [-0.05, 0) is 89.9 Å². The topological polar surface area (TPSA) is 78.9 Å². The summed E-state index contributed by atoms with van der Waals surface area (Å²) in [5.74, 6) is -0.986. The van der Waals surface area contributed by atoms with Crippen LogP contribution in [0.25, 0.3) is 0 Å². The van der Waals surface area contributed by atoms with Crippen LogP contribution in [0, 0.1) is 0 Å². The fourth-order valence-electron chi connectivity index (χ4n) is 8.58. The summed E-state index contributed by atoms with van der Waals surface area (Å²) >= 11 is 0. The smallest absolute Gasteiger partial charge is 0.306 e. The number of ether oxygens (including phenoxy) is 3. The predicted molar refractivity (Wildman–Crippen MR) is 307 cm³/mol. The van der Waals surface area contributed by atoms with Gasteiger partial charge in [-0.2, -0.15) is 0 Å². The van der Waals surface area contributed by atoms with Crippen LogP contribution in [0.5, 0.6) is 0 Å². The summed E-state index contributed by atoms with van der Waals surface area (Å²) in [6.07, 6.45) is 76.3. The summed E-state index contributed by atoms with van der Waals surface area (Å²) in [4.78, 5) is 38.2. The molecule has 71 heavy (non-hydrogen) atoms. The Hall–Kier alpha value is -3.15. The maximum atomic E-state index is 12.8. The van der Waals surface area contributed by atoms with Gasteiger partial charge in [-0.25, -0.2) is 0 Å². The van der Waals surface area contributed by atoms with E-state index < -0.39 is 6.10 Å². The normalized spacial score (nSPS) is 12.5. The first-order chi connectivity index (χ1) is 35.0. The predicted octanol–water partition coefficient (Wildman–Crippen LogP) is 20.5. The zero-order valence-electron chi connectivity index (χ0n) is 47.0. The van der Waals surface area contributed by atoms with Gasteiger partial charge in [0, 0.05) is 19.3 Å². The van der Waals surface area contributed by atoms with Crippen molar-refractivity contribution in [3.8, 4) is 0 Å². The molecule has 0 saturated carbocycles. The standard InChI is InChI=1S/C65H114O6/c1-4-7-10-13-16-19-22-25-28-30-31-32-33-35-38-40-43-46-49-52-55-58-64(67)70-61-62(71-65(68)59-56-53-50-47-44-41-36-27-24-21-18-15-12-9-6-3)60-69-63(66)57-54-51-48-45-42-39-37-34-29-26-23-20-17-14-11-8-5-2/h18,21,26-27,29,36-37,39,44-45,47-48,62H,4-17,19-20,22-25,28,30-35,38,40-43,46,49-61H2,1-3H3/b21-18-,29-26-,36-27-,39-37-,47-44-,48-45-/t62-/m1/s1. The molecule has 0 N–H and O–H groups in total. The highest BCUT2D eigenvalue weighted by atomic mass is 16.6. The highest BCUT2D eigenvalue weighted by Crippen LogP contribution is 2.16. The number of carbonyl (C=O) groups excluding carboxylic acids is 3. The molecule has 0 aromatic heterocycles. The number of rotatable bonds is 55. The fraction of sp³-hybridized carbons (Fsp3) is 0.769. The lowest BCUT2D eigenvalue weighted by molar-refractivity contribution is -0.167. The molecule has 0 saturated heterocycles. The lowest BCUT2D eigenvalue weighted by Gasteiger charge is -2.18. The van der Waals surface area contributed by atoms with E-state index in [2.05, 4.69) is 93.7 Å². The number of unbranched alkanes of at least 4 members (excludes halogenated alkanes) is 32. The summed E-state index contributed by atoms with van der Waals surface area (Å²) in [6.45, 7) is 6.56. The Morgan fingerprint density at radius 1 is 0.282 bits per heavy atom. The molecule has 0 spiro atoms. The van der Waals surface area contributed by atoms with Crippen LogP contribution in [0.3, 0.4) is 0 Å². The average molecular weight is 992 g/mol. The molecular formula is C65H114O6. The van der Waals surface area contributed by atoms with E-state index in [9.17, 15) is 14.4 Å². The van der Waals surface area contributed by atoms with E-state index in [1.807, 2.05) is 0 Å². The molecular weight excluding hydrogens is 877 g/mol. The van der Waals surface area contributed by atoms with Gasteiger partial charge in [0.2, 0.25) is 0 Å². The molecule has 0 bridgehead atoms. The van der Waals surface area contributed by atoms with Crippen molar-refractivity contribution in [3.63, 3.8) is 0 Å². The summed E-state index contributed by atoms with van der Waals surface area (Å²) in [5.41, 5.74) is 0. The Kier molecular flexibility index (Phi) is 56.8. The van der Waals surface area contributed by atoms with Crippen LogP contribution in [0.2, 0.25) is 0 Å². The second-order valence-corrected chi connectivity index (χ2v) is 20.3. The number of hydrogen-bond donors (Lipinski definition) is 0. The summed E-state index contributed by atoms with van der Waals surface area (Å²) in [5, 5.41) is 0. The van der Waals surface area contributed by atoms with Crippen molar-refractivity contribution in [1.29, 1.82) is 0 Å². The lowest BCUT2D eigenvalue weighted by Crippen LogP contribution is -2.30. The Labute approximate surface area is 440 Å². The minimum absolute atomic E-state index is 0.104. The minimum atomic E-state index is -0.815. The van der Waals surface area contributed by atoms with Gasteiger partial charge in [0.05, 0.1) is 0 Å². The number of allylic oxidation sites excluding steroid dienone is 12. The summed E-state index contributed by atoms with van der Waals surface area (Å²) in [7, 11) is 0. The van der Waals surface area contributed by atoms with E-state index >= 15 is 0 Å². The van der Waals surface area contributed by atoms with Crippen molar-refractivity contribution in [2.45, 2.75) is 309 Å². The van der Waals surface area contributed by atoms with Crippen LogP contribution in [0.15, 0.2) is 72.9 Å². The lowest BCUT2D eigenvalue weighted by atomic mass is 10.0. The van der Waals surface area contributed by atoms with Gasteiger partial charge in [0.1, 0.15) is 13.2 Å². The third kappa shape index (κ3) is 57.6. The second-order valence-electron chi connectivity index (χ2n) is 20.3. The van der Waals surface area contributed by atoms with Crippen LogP contribution in [-0.2, 0) is 28.6 Å². The summed E-state index contributed by atoms with van der Waals surface area (Å²) < 4.78 is 16.8. The molecule has 0 aromatic carbocycles. The Balaban J connectivity index is 4.43. The monoisotopic (exact) mass is 991 g/mol. The van der Waals surface area contributed by atoms with E-state index in [-0.39, 0.29) is 44.0 Å². The van der Waals surface area contributed by atoms with Gasteiger partial charge >= 0.3 is 17.9 Å². The van der Waals surface area contributed by atoms with Crippen molar-refractivity contribution in [1.82, 2.24) is 0 Å². The largest absolute Gasteiger partial charge is 0.462 e. The molecule has 0 aliphatic heterocycles. The average Bonchev–Trinajstić information content (AvgIpc) is 3.37. The SMILES string of the molecule is CCCCC/C=C\C/C=C\C/C=C\CCCCC(=O)O[C@H](COC(=O)CCC/C=C\C/C=C\C/C=C\CCCCCCCC)COC(=O)CCCCCCCCCCCCCCCCCCCCCCC. The number of hydrogen-bond acceptors (Lipinski definition) is 6. The van der Waals surface area contributed by atoms with Gasteiger partial charge < -0.3 is 14.2 Å². The van der Waals surface area contributed by atoms with Gasteiger partial charge in [-0.3, -0.25) is 14.4 Å². The minimum Gasteiger partial charge on any atom is -0.462 e. The van der Waals surface area contributed by atoms with Crippen molar-refractivity contribution in [2.24, 2.45) is 0 Å². The summed E-state index contributed by atoms with van der Waals surface area (Å²) in [6, 6.07) is 0. The molecule has 0 aromatic rings. The quantitative estimate of drug-likeness (QED) is 0.0261. The van der Waals surface area contributed by atoms with Crippen LogP contribution in [0.1, 0.15) is 303 Å². The molecule has 6 nitrogen and oxygen atoms in total. The first-order valence-corrected chi connectivity index (χ1v) is 30.4. The molecule has 410 valence electrons. The van der Waals surface area contributed by atoms with E-state index in [1.54, 1.807) is 0 Å². The van der Waals surface area contributed by atoms with Crippen molar-refractivity contribution < 1.29 is 28.6 Å². The number of carbonyl (C=O) groups is 3. The molecule has 0 fully saturated rings. The van der Waals surface area contributed by atoms with Gasteiger partial charge in [0.15, 0.2) is 6.10 Å². The van der Waals surface area contributed by atoms with E-state index in [0.29, 0.717) is 19.3 Å². The second kappa shape index (κ2) is 59.4. The fourth-order valence-corrected chi connectivity index (χ4v) is 8.58. The molecule has 0 aliphatic carbocycles. The van der Waals surface area contributed by atoms with Crippen molar-refractivity contribution in [2.75, 3.05) is 13.2 Å². The maximum Gasteiger partial charge on any atom is 0.306 e. The highest BCUT2D eigenvalue weighted by Gasteiger charge is 2.19. The van der Waals surface area contributed by atoms with E-state index in [4.69, 9.17) is 14.2 Å². The molecule has 0 radical (unpaired) electrons. The molecule has 6 heteroatoms. The Morgan fingerprint density at radius 2 is 0.521 bits per heavy atom. The van der Waals surface area contributed by atoms with Crippen LogP contribution in [-0.4, -0.2) is 37.2 Å². The van der Waals surface area contributed by atoms with E-state index in [1.165, 1.54) is 186 Å². The maximum absolute atomic E-state index is 12.8.